The molecule has 0 aromatic heterocycles. The zero-order valence-corrected chi connectivity index (χ0v) is 16.5. The number of rotatable bonds is 5. The summed E-state index contributed by atoms with van der Waals surface area (Å²) < 4.78 is 28.8. The van der Waals surface area contributed by atoms with Crippen molar-refractivity contribution in [3.8, 4) is 0 Å². The van der Waals surface area contributed by atoms with Crippen molar-refractivity contribution in [2.24, 2.45) is 29.5 Å². The number of hydrogen-bond acceptors (Lipinski definition) is 2. The minimum Gasteiger partial charge on any atom is -0.311 e. The molecule has 1 saturated carbocycles. The second-order valence-electron chi connectivity index (χ2n) is 8.98. The second kappa shape index (κ2) is 8.24. The number of halogens is 2. The lowest BCUT2D eigenvalue weighted by molar-refractivity contribution is 0.206. The van der Waals surface area contributed by atoms with Gasteiger partial charge in [0.25, 0.3) is 0 Å². The van der Waals surface area contributed by atoms with Gasteiger partial charge in [-0.15, -0.1) is 0 Å². The maximum Gasteiger partial charge on any atom is 0.183 e. The Labute approximate surface area is 157 Å². The first kappa shape index (κ1) is 19.6. The minimum atomic E-state index is -0.804. The fourth-order valence-electron chi connectivity index (χ4n) is 5.01. The molecular formula is C22H34F2N2. The first-order valence-electron chi connectivity index (χ1n) is 10.3. The lowest BCUT2D eigenvalue weighted by atomic mass is 9.73. The quantitative estimate of drug-likeness (QED) is 0.542. The minimum absolute atomic E-state index is 0.154. The van der Waals surface area contributed by atoms with Gasteiger partial charge in [0.2, 0.25) is 0 Å². The molecule has 0 aliphatic heterocycles. The highest BCUT2D eigenvalue weighted by Gasteiger charge is 2.28. The van der Waals surface area contributed by atoms with Gasteiger partial charge in [0.1, 0.15) is 0 Å². The molecule has 26 heavy (non-hydrogen) atoms. The van der Waals surface area contributed by atoms with Gasteiger partial charge < -0.3 is 5.01 Å². The molecule has 2 aliphatic carbocycles. The van der Waals surface area contributed by atoms with Crippen LogP contribution in [0.15, 0.2) is 6.07 Å². The van der Waals surface area contributed by atoms with Crippen LogP contribution in [-0.2, 0) is 12.8 Å². The van der Waals surface area contributed by atoms with E-state index in [4.69, 9.17) is 5.84 Å². The van der Waals surface area contributed by atoms with E-state index in [9.17, 15) is 8.78 Å². The van der Waals surface area contributed by atoms with E-state index in [2.05, 4.69) is 13.8 Å². The molecule has 1 atom stereocenters. The number of hydrazine groups is 1. The van der Waals surface area contributed by atoms with Crippen LogP contribution in [0.3, 0.4) is 0 Å². The molecule has 0 heterocycles. The first-order chi connectivity index (χ1) is 12.4. The van der Waals surface area contributed by atoms with Crippen LogP contribution in [0.5, 0.6) is 0 Å². The summed E-state index contributed by atoms with van der Waals surface area (Å²) in [5.41, 5.74) is 1.68. The van der Waals surface area contributed by atoms with E-state index < -0.39 is 11.6 Å². The van der Waals surface area contributed by atoms with Crippen LogP contribution < -0.4 is 10.9 Å². The third-order valence-corrected chi connectivity index (χ3v) is 6.89. The third kappa shape index (κ3) is 4.21. The largest absolute Gasteiger partial charge is 0.311 e. The highest BCUT2D eigenvalue weighted by molar-refractivity contribution is 5.52. The number of fused-ring (bicyclic) bond motifs is 1. The van der Waals surface area contributed by atoms with E-state index in [-0.39, 0.29) is 5.69 Å². The number of aryl methyl sites for hydroxylation is 1. The highest BCUT2D eigenvalue weighted by atomic mass is 19.2. The van der Waals surface area contributed by atoms with Gasteiger partial charge in [0, 0.05) is 7.05 Å². The standard InChI is InChI=1S/C22H34F2N2/c1-14(2)17-9-6-15(7-10-17)4-5-16-8-11-18-13-20(26(3)25)22(24)21(23)19(18)12-16/h13-17H,4-12,25H2,1-3H3. The van der Waals surface area contributed by atoms with Crippen LogP contribution in [0.2, 0.25) is 0 Å². The van der Waals surface area contributed by atoms with Crippen LogP contribution in [0.4, 0.5) is 14.5 Å². The van der Waals surface area contributed by atoms with Crippen LogP contribution in [0.25, 0.3) is 0 Å². The topological polar surface area (TPSA) is 29.3 Å². The molecule has 1 aromatic carbocycles. The molecular weight excluding hydrogens is 330 g/mol. The van der Waals surface area contributed by atoms with E-state index >= 15 is 0 Å². The number of hydrogen-bond donors (Lipinski definition) is 1. The van der Waals surface area contributed by atoms with E-state index in [1.54, 1.807) is 13.1 Å². The van der Waals surface area contributed by atoms with Gasteiger partial charge >= 0.3 is 0 Å². The predicted octanol–water partition coefficient (Wildman–Crippen LogP) is 5.62. The molecule has 3 rings (SSSR count). The van der Waals surface area contributed by atoms with Crippen LogP contribution >= 0.6 is 0 Å². The van der Waals surface area contributed by atoms with E-state index in [0.29, 0.717) is 17.9 Å². The molecule has 1 unspecified atom stereocenters. The lowest BCUT2D eigenvalue weighted by Gasteiger charge is -2.32. The van der Waals surface area contributed by atoms with Gasteiger partial charge in [-0.1, -0.05) is 33.1 Å². The summed E-state index contributed by atoms with van der Waals surface area (Å²) in [5, 5.41) is 1.16. The molecule has 0 amide bonds. The molecule has 4 heteroatoms. The summed E-state index contributed by atoms with van der Waals surface area (Å²) in [5.74, 6) is 7.17. The van der Waals surface area contributed by atoms with Gasteiger partial charge in [-0.2, -0.15) is 0 Å². The van der Waals surface area contributed by atoms with Gasteiger partial charge in [-0.25, -0.2) is 14.6 Å². The van der Waals surface area contributed by atoms with Crippen molar-refractivity contribution in [3.05, 3.63) is 28.8 Å². The first-order valence-corrected chi connectivity index (χ1v) is 10.3. The van der Waals surface area contributed by atoms with E-state index in [1.165, 1.54) is 32.1 Å². The lowest BCUT2D eigenvalue weighted by Crippen LogP contribution is -2.28. The van der Waals surface area contributed by atoms with Gasteiger partial charge in [-0.05, 0) is 79.4 Å². The molecule has 2 aliphatic rings. The Kier molecular flexibility index (Phi) is 6.21. The summed E-state index contributed by atoms with van der Waals surface area (Å²) in [6.45, 7) is 4.68. The molecule has 146 valence electrons. The molecule has 0 bridgehead atoms. The van der Waals surface area contributed by atoms with Gasteiger partial charge in [0.05, 0.1) is 5.69 Å². The van der Waals surface area contributed by atoms with Crippen LogP contribution in [-0.4, -0.2) is 7.05 Å². The smallest absolute Gasteiger partial charge is 0.183 e. The Bertz CT molecular complexity index is 619. The summed E-state index contributed by atoms with van der Waals surface area (Å²) in [7, 11) is 1.55. The predicted molar refractivity (Wildman–Crippen MR) is 104 cm³/mol. The molecule has 2 N–H and O–H groups in total. The molecule has 2 nitrogen and oxygen atoms in total. The number of nitrogens with zero attached hydrogens (tertiary/aromatic N) is 1. The van der Waals surface area contributed by atoms with Crippen molar-refractivity contribution in [2.45, 2.75) is 71.6 Å². The molecule has 1 fully saturated rings. The van der Waals surface area contributed by atoms with Crippen molar-refractivity contribution in [3.63, 3.8) is 0 Å². The van der Waals surface area contributed by atoms with E-state index in [1.807, 2.05) is 0 Å². The number of benzene rings is 1. The van der Waals surface area contributed by atoms with Crippen molar-refractivity contribution in [1.82, 2.24) is 0 Å². The molecule has 0 saturated heterocycles. The Morgan fingerprint density at radius 3 is 2.31 bits per heavy atom. The van der Waals surface area contributed by atoms with Crippen molar-refractivity contribution in [2.75, 3.05) is 12.1 Å². The fraction of sp³-hybridized carbons (Fsp3) is 0.727. The monoisotopic (exact) mass is 364 g/mol. The zero-order valence-electron chi connectivity index (χ0n) is 16.5. The number of nitrogens with two attached hydrogens (primary N) is 1. The van der Waals surface area contributed by atoms with Crippen molar-refractivity contribution in [1.29, 1.82) is 0 Å². The normalized spacial score (nSPS) is 26.0. The fourth-order valence-corrected chi connectivity index (χ4v) is 5.01. The third-order valence-electron chi connectivity index (χ3n) is 6.89. The van der Waals surface area contributed by atoms with Gasteiger partial charge in [0.15, 0.2) is 11.6 Å². The Morgan fingerprint density at radius 2 is 1.69 bits per heavy atom. The zero-order chi connectivity index (χ0) is 18.8. The average Bonchev–Trinajstić information content (AvgIpc) is 2.63. The maximum atomic E-state index is 14.5. The Hall–Kier alpha value is -1.16. The van der Waals surface area contributed by atoms with Crippen LogP contribution in [0, 0.1) is 35.3 Å². The van der Waals surface area contributed by atoms with Gasteiger partial charge in [-0.3, -0.25) is 0 Å². The van der Waals surface area contributed by atoms with E-state index in [0.717, 1.165) is 47.6 Å². The summed E-state index contributed by atoms with van der Waals surface area (Å²) >= 11 is 0. The summed E-state index contributed by atoms with van der Waals surface area (Å²) in [6, 6.07) is 1.73. The molecule has 1 aromatic rings. The van der Waals surface area contributed by atoms with Crippen molar-refractivity contribution >= 4 is 5.69 Å². The van der Waals surface area contributed by atoms with Crippen LogP contribution in [0.1, 0.15) is 69.9 Å². The summed E-state index contributed by atoms with van der Waals surface area (Å²) in [6.07, 6.45) is 10.4. The Morgan fingerprint density at radius 1 is 1.04 bits per heavy atom. The summed E-state index contributed by atoms with van der Waals surface area (Å²) in [4.78, 5) is 0. The second-order valence-corrected chi connectivity index (χ2v) is 8.98. The Balaban J connectivity index is 1.57. The van der Waals surface area contributed by atoms with Crippen molar-refractivity contribution < 1.29 is 8.78 Å². The SMILES string of the molecule is CC(C)C1CCC(CCC2CCc3cc(N(C)N)c(F)c(F)c3C2)CC1. The molecule has 0 spiro atoms. The molecule has 0 radical (unpaired) electrons. The average molecular weight is 365 g/mol. The number of anilines is 1. The maximum absolute atomic E-state index is 14.5. The highest BCUT2D eigenvalue weighted by Crippen LogP contribution is 2.38.